The number of ether oxygens (including phenoxy) is 2. The molecule has 6 heteroatoms. The van der Waals surface area contributed by atoms with Crippen LogP contribution in [0.1, 0.15) is 41.0 Å². The number of carbonyl (C=O) groups is 1. The molecule has 25 heavy (non-hydrogen) atoms. The minimum absolute atomic E-state index is 0.0198. The Kier molecular flexibility index (Phi) is 5.58. The molecule has 0 bridgehead atoms. The van der Waals surface area contributed by atoms with Gasteiger partial charge in [0.1, 0.15) is 9.88 Å². The Labute approximate surface area is 152 Å². The number of amides is 1. The Morgan fingerprint density at radius 1 is 1.24 bits per heavy atom. The van der Waals surface area contributed by atoms with E-state index in [1.165, 1.54) is 37.0 Å². The first kappa shape index (κ1) is 17.7. The summed E-state index contributed by atoms with van der Waals surface area (Å²) in [7, 11) is 3.22. The van der Waals surface area contributed by atoms with Gasteiger partial charge in [-0.1, -0.05) is 12.8 Å². The van der Waals surface area contributed by atoms with E-state index in [2.05, 4.69) is 10.3 Å². The Hall–Kier alpha value is -2.08. The largest absolute Gasteiger partial charge is 0.493 e. The number of hydrogen-bond donors (Lipinski definition) is 1. The molecule has 1 aromatic heterocycles. The van der Waals surface area contributed by atoms with Crippen molar-refractivity contribution < 1.29 is 14.3 Å². The summed E-state index contributed by atoms with van der Waals surface area (Å²) < 4.78 is 10.6. The SMILES string of the molecule is COc1ccc(-c2nc(C)c(C(=O)NCC3CCCC3)s2)cc1OC. The van der Waals surface area contributed by atoms with E-state index < -0.39 is 0 Å². The molecule has 2 aromatic rings. The molecule has 0 unspecified atom stereocenters. The van der Waals surface area contributed by atoms with Crippen LogP contribution in [0, 0.1) is 12.8 Å². The van der Waals surface area contributed by atoms with Gasteiger partial charge in [0.05, 0.1) is 19.9 Å². The first-order chi connectivity index (χ1) is 12.1. The van der Waals surface area contributed by atoms with Crippen molar-refractivity contribution in [3.05, 3.63) is 28.8 Å². The van der Waals surface area contributed by atoms with Crippen molar-refractivity contribution in [1.82, 2.24) is 10.3 Å². The molecular weight excluding hydrogens is 336 g/mol. The van der Waals surface area contributed by atoms with Crippen LogP contribution in [0.3, 0.4) is 0 Å². The summed E-state index contributed by atoms with van der Waals surface area (Å²) in [6.07, 6.45) is 5.00. The molecule has 1 aliphatic carbocycles. The highest BCUT2D eigenvalue weighted by Crippen LogP contribution is 2.35. The quantitative estimate of drug-likeness (QED) is 0.844. The fraction of sp³-hybridized carbons (Fsp3) is 0.474. The summed E-state index contributed by atoms with van der Waals surface area (Å²) in [5.41, 5.74) is 1.68. The van der Waals surface area contributed by atoms with Gasteiger partial charge in [-0.3, -0.25) is 4.79 Å². The van der Waals surface area contributed by atoms with Crippen LogP contribution < -0.4 is 14.8 Å². The smallest absolute Gasteiger partial charge is 0.263 e. The molecule has 1 aromatic carbocycles. The number of nitrogens with zero attached hydrogens (tertiary/aromatic N) is 1. The molecule has 1 N–H and O–H groups in total. The molecule has 0 aliphatic heterocycles. The predicted octanol–water partition coefficient (Wildman–Crippen LogP) is 4.06. The number of methoxy groups -OCH3 is 2. The third-order valence-electron chi connectivity index (χ3n) is 4.66. The normalized spacial score (nSPS) is 14.5. The molecule has 1 aliphatic rings. The lowest BCUT2D eigenvalue weighted by atomic mass is 10.1. The second kappa shape index (κ2) is 7.87. The van der Waals surface area contributed by atoms with Crippen LogP contribution in [0.2, 0.25) is 0 Å². The molecule has 1 saturated carbocycles. The summed E-state index contributed by atoms with van der Waals surface area (Å²) in [5.74, 6) is 1.94. The van der Waals surface area contributed by atoms with Gasteiger partial charge < -0.3 is 14.8 Å². The van der Waals surface area contributed by atoms with Crippen molar-refractivity contribution >= 4 is 17.2 Å². The van der Waals surface area contributed by atoms with E-state index in [0.717, 1.165) is 22.8 Å². The lowest BCUT2D eigenvalue weighted by molar-refractivity contribution is 0.0950. The second-order valence-electron chi connectivity index (χ2n) is 6.36. The van der Waals surface area contributed by atoms with E-state index in [-0.39, 0.29) is 5.91 Å². The Bertz CT molecular complexity index is 751. The van der Waals surface area contributed by atoms with Crippen LogP contribution in [0.5, 0.6) is 11.5 Å². The summed E-state index contributed by atoms with van der Waals surface area (Å²) in [4.78, 5) is 17.8. The average molecular weight is 360 g/mol. The molecule has 0 spiro atoms. The lowest BCUT2D eigenvalue weighted by Gasteiger charge is -2.09. The number of aromatic nitrogens is 1. The van der Waals surface area contributed by atoms with Crippen LogP contribution >= 0.6 is 11.3 Å². The second-order valence-corrected chi connectivity index (χ2v) is 7.36. The van der Waals surface area contributed by atoms with Gasteiger partial charge in [0.2, 0.25) is 0 Å². The van der Waals surface area contributed by atoms with Gasteiger partial charge in [0, 0.05) is 12.1 Å². The minimum Gasteiger partial charge on any atom is -0.493 e. The van der Waals surface area contributed by atoms with E-state index >= 15 is 0 Å². The van der Waals surface area contributed by atoms with Crippen LogP contribution in [0.4, 0.5) is 0 Å². The first-order valence-electron chi connectivity index (χ1n) is 8.60. The average Bonchev–Trinajstić information content (AvgIpc) is 3.28. The topological polar surface area (TPSA) is 60.5 Å². The molecular formula is C19H24N2O3S. The van der Waals surface area contributed by atoms with Crippen LogP contribution in [0.15, 0.2) is 18.2 Å². The predicted molar refractivity (Wildman–Crippen MR) is 99.7 cm³/mol. The zero-order chi connectivity index (χ0) is 17.8. The molecule has 1 fully saturated rings. The minimum atomic E-state index is -0.0198. The highest BCUT2D eigenvalue weighted by molar-refractivity contribution is 7.17. The zero-order valence-corrected chi connectivity index (χ0v) is 15.7. The van der Waals surface area contributed by atoms with Gasteiger partial charge in [0.15, 0.2) is 11.5 Å². The van der Waals surface area contributed by atoms with E-state index in [4.69, 9.17) is 9.47 Å². The number of rotatable bonds is 6. The Balaban J connectivity index is 1.76. The Morgan fingerprint density at radius 2 is 1.96 bits per heavy atom. The van der Waals surface area contributed by atoms with Crippen molar-refractivity contribution in [2.45, 2.75) is 32.6 Å². The highest BCUT2D eigenvalue weighted by atomic mass is 32.1. The summed E-state index contributed by atoms with van der Waals surface area (Å²) in [6.45, 7) is 2.65. The maximum absolute atomic E-state index is 12.5. The summed E-state index contributed by atoms with van der Waals surface area (Å²) in [6, 6.07) is 5.67. The number of nitrogens with one attached hydrogen (secondary N) is 1. The lowest BCUT2D eigenvalue weighted by Crippen LogP contribution is -2.28. The van der Waals surface area contributed by atoms with Crippen molar-refractivity contribution in [3.8, 4) is 22.1 Å². The first-order valence-corrected chi connectivity index (χ1v) is 9.42. The van der Waals surface area contributed by atoms with Crippen molar-refractivity contribution in [1.29, 1.82) is 0 Å². The zero-order valence-electron chi connectivity index (χ0n) is 14.9. The Morgan fingerprint density at radius 3 is 2.64 bits per heavy atom. The van der Waals surface area contributed by atoms with E-state index in [1.54, 1.807) is 14.2 Å². The fourth-order valence-electron chi connectivity index (χ4n) is 3.23. The van der Waals surface area contributed by atoms with Crippen LogP contribution in [0.25, 0.3) is 10.6 Å². The molecule has 5 nitrogen and oxygen atoms in total. The third-order valence-corrected chi connectivity index (χ3v) is 5.86. The van der Waals surface area contributed by atoms with Crippen LogP contribution in [-0.2, 0) is 0 Å². The third kappa shape index (κ3) is 3.95. The fourth-order valence-corrected chi connectivity index (χ4v) is 4.21. The van der Waals surface area contributed by atoms with Crippen molar-refractivity contribution in [2.75, 3.05) is 20.8 Å². The van der Waals surface area contributed by atoms with Gasteiger partial charge in [-0.2, -0.15) is 0 Å². The molecule has 134 valence electrons. The number of thiazole rings is 1. The number of aryl methyl sites for hydroxylation is 1. The monoisotopic (exact) mass is 360 g/mol. The molecule has 0 radical (unpaired) electrons. The van der Waals surface area contributed by atoms with Crippen molar-refractivity contribution in [2.24, 2.45) is 5.92 Å². The van der Waals surface area contributed by atoms with E-state index in [1.807, 2.05) is 25.1 Å². The standard InChI is InChI=1S/C19H24N2O3S/c1-12-17(18(22)20-11-13-6-4-5-7-13)25-19(21-12)14-8-9-15(23-2)16(10-14)24-3/h8-10,13H,4-7,11H2,1-3H3,(H,20,22). The molecule has 0 saturated heterocycles. The number of hydrogen-bond acceptors (Lipinski definition) is 5. The molecule has 1 heterocycles. The van der Waals surface area contributed by atoms with Gasteiger partial charge in [-0.05, 0) is 43.9 Å². The van der Waals surface area contributed by atoms with E-state index in [0.29, 0.717) is 22.3 Å². The molecule has 0 atom stereocenters. The van der Waals surface area contributed by atoms with Gasteiger partial charge in [-0.15, -0.1) is 11.3 Å². The van der Waals surface area contributed by atoms with E-state index in [9.17, 15) is 4.79 Å². The summed E-state index contributed by atoms with van der Waals surface area (Å²) >= 11 is 1.42. The highest BCUT2D eigenvalue weighted by Gasteiger charge is 2.20. The number of benzene rings is 1. The van der Waals surface area contributed by atoms with Gasteiger partial charge in [0.25, 0.3) is 5.91 Å². The summed E-state index contributed by atoms with van der Waals surface area (Å²) in [5, 5.41) is 3.88. The maximum Gasteiger partial charge on any atom is 0.263 e. The van der Waals surface area contributed by atoms with Gasteiger partial charge in [-0.25, -0.2) is 4.98 Å². The van der Waals surface area contributed by atoms with Crippen molar-refractivity contribution in [3.63, 3.8) is 0 Å². The molecule has 3 rings (SSSR count). The molecule has 1 amide bonds. The number of carbonyl (C=O) groups excluding carboxylic acids is 1. The van der Waals surface area contributed by atoms with Gasteiger partial charge >= 0.3 is 0 Å². The van der Waals surface area contributed by atoms with Crippen LogP contribution in [-0.4, -0.2) is 31.7 Å². The maximum atomic E-state index is 12.5.